The van der Waals surface area contributed by atoms with Crippen molar-refractivity contribution in [3.05, 3.63) is 106 Å². The van der Waals surface area contributed by atoms with Crippen molar-refractivity contribution in [1.82, 2.24) is 24.9 Å². The fourth-order valence-electron chi connectivity index (χ4n) is 9.88. The second kappa shape index (κ2) is 33.2. The lowest BCUT2D eigenvalue weighted by molar-refractivity contribution is -0.120. The summed E-state index contributed by atoms with van der Waals surface area (Å²) in [4.78, 5) is 85.4. The number of ether oxygens (including phenoxy) is 2. The third-order valence-electron chi connectivity index (χ3n) is 14.8. The summed E-state index contributed by atoms with van der Waals surface area (Å²) in [6.07, 6.45) is 2.73. The van der Waals surface area contributed by atoms with Gasteiger partial charge in [-0.25, -0.2) is 0 Å². The molecule has 524 valence electrons. The third kappa shape index (κ3) is 20.3. The van der Waals surface area contributed by atoms with Gasteiger partial charge in [0.1, 0.15) is 23.0 Å². The van der Waals surface area contributed by atoms with Crippen LogP contribution in [0.4, 0.5) is 79.3 Å². The first-order valence-corrected chi connectivity index (χ1v) is 37.7. The molecule has 7 aromatic rings. The number of hydrogen-bond donors (Lipinski definition) is 7. The number of anilines is 10. The van der Waals surface area contributed by atoms with Crippen molar-refractivity contribution in [3.8, 4) is 0 Å². The van der Waals surface area contributed by atoms with E-state index >= 15 is 0 Å². The van der Waals surface area contributed by atoms with E-state index < -0.39 is 69.3 Å². The molecule has 0 aliphatic carbocycles. The van der Waals surface area contributed by atoms with Crippen LogP contribution in [-0.2, 0) is 59.0 Å². The van der Waals surface area contributed by atoms with Crippen molar-refractivity contribution in [3.63, 3.8) is 0 Å². The molecular weight excluding hydrogens is 1400 g/mol. The first-order chi connectivity index (χ1) is 47.2. The third-order valence-corrected chi connectivity index (χ3v) is 20.1. The number of morpholine rings is 2. The lowest BCUT2D eigenvalue weighted by atomic mass is 10.1. The largest absolute Gasteiger partial charge is 0.378 e. The average Bonchev–Trinajstić information content (AvgIpc) is 1.78. The van der Waals surface area contributed by atoms with Gasteiger partial charge in [-0.05, 0) is 126 Å². The molecule has 3 aromatic heterocycles. The van der Waals surface area contributed by atoms with Crippen LogP contribution in [0.1, 0.15) is 51.3 Å². The van der Waals surface area contributed by atoms with Crippen molar-refractivity contribution in [2.75, 3.05) is 131 Å². The number of benzene rings is 4. The standard InChI is InChI=1S/C61H69N17O15S6/c1-7-75(8-2)41-17-19-47(71-73-60-66-53(77-21-25-92-26-22-77)51(95-60)35-45(37(5)79)55(81)62-39-13-11-15-43(31-39)98(86,87)88)49(33-41)64-57-68-58(70-59(69-57)94-29-30-97(83,84)85)65-50-34-42(76(9-3)10-4)18-20-48(50)72-74-61-67-54(78-23-27-93-28-24-78)52(96-61)36-46(38(6)80)56(82)63-40-14-12-16-44(32-40)99(89,90)91/h11-20,31-36H,7-10,21-30H2,1-6H3,(H,62,81)(H,63,82)(H,83,84,85)(H,86,87,88)(H,89,90,91)(H2,64,65,68,69,70)/b45-35-,46-36+,73-71+,74-72+. The van der Waals surface area contributed by atoms with Crippen LogP contribution in [-0.4, -0.2) is 178 Å². The summed E-state index contributed by atoms with van der Waals surface area (Å²) in [7, 11) is -13.7. The molecule has 7 N–H and O–H groups in total. The summed E-state index contributed by atoms with van der Waals surface area (Å²) < 4.78 is 112. The van der Waals surface area contributed by atoms with Crippen molar-refractivity contribution in [2.24, 2.45) is 20.5 Å². The molecular formula is C61H69N17O15S6. The van der Waals surface area contributed by atoms with Crippen LogP contribution in [0, 0.1) is 0 Å². The molecule has 0 radical (unpaired) electrons. The molecule has 0 spiro atoms. The van der Waals surface area contributed by atoms with Gasteiger partial charge in [0.05, 0.1) is 74.2 Å². The van der Waals surface area contributed by atoms with E-state index in [0.717, 1.165) is 70.1 Å². The number of azo groups is 2. The van der Waals surface area contributed by atoms with E-state index in [4.69, 9.17) is 24.4 Å². The van der Waals surface area contributed by atoms with E-state index in [1.807, 2.05) is 61.8 Å². The molecule has 32 nitrogen and oxygen atoms in total. The number of hydrogen-bond acceptors (Lipinski definition) is 30. The molecule has 0 atom stereocenters. The van der Waals surface area contributed by atoms with Gasteiger partial charge < -0.3 is 50.3 Å². The van der Waals surface area contributed by atoms with E-state index in [2.05, 4.69) is 61.5 Å². The maximum Gasteiger partial charge on any atom is 0.294 e. The highest BCUT2D eigenvalue weighted by molar-refractivity contribution is 8.00. The van der Waals surface area contributed by atoms with Crippen LogP contribution in [0.3, 0.4) is 0 Å². The predicted octanol–water partition coefficient (Wildman–Crippen LogP) is 10.2. The molecule has 0 saturated carbocycles. The zero-order chi connectivity index (χ0) is 71.2. The average molecular weight is 1470 g/mol. The number of nitrogens with one attached hydrogen (secondary N) is 4. The maximum absolute atomic E-state index is 13.8. The molecule has 4 aromatic carbocycles. The Labute approximate surface area is 582 Å². The van der Waals surface area contributed by atoms with E-state index in [1.165, 1.54) is 50.3 Å². The summed E-state index contributed by atoms with van der Waals surface area (Å²) in [6, 6.07) is 20.5. The molecule has 2 aliphatic heterocycles. The Kier molecular flexibility index (Phi) is 24.8. The molecule has 2 aliphatic rings. The summed E-state index contributed by atoms with van der Waals surface area (Å²) in [5, 5.41) is 30.3. The Hall–Kier alpha value is -9.09. The molecule has 9 rings (SSSR count). The molecule has 2 saturated heterocycles. The zero-order valence-corrected chi connectivity index (χ0v) is 59.0. The minimum Gasteiger partial charge on any atom is -0.378 e. The van der Waals surface area contributed by atoms with Gasteiger partial charge in [0.2, 0.25) is 22.2 Å². The monoisotopic (exact) mass is 1470 g/mol. The lowest BCUT2D eigenvalue weighted by Gasteiger charge is -2.27. The summed E-state index contributed by atoms with van der Waals surface area (Å²) in [5.41, 5.74) is 2.12. The van der Waals surface area contributed by atoms with Gasteiger partial charge in [-0.2, -0.15) is 50.2 Å². The number of nitrogens with zero attached hydrogens (tertiary/aromatic N) is 13. The topological polar surface area (TPSA) is 425 Å². The second-order valence-corrected chi connectivity index (χ2v) is 29.0. The SMILES string of the molecule is CCN(CC)c1ccc(/N=N/c2nc(N3CCOCC3)c(/C=C(/C(C)=O)C(=O)Nc3cccc(S(=O)(=O)O)c3)s2)c(Nc2nc(Nc3cc(N(CC)CC)ccc3/N=N/c3nc(N4CCOCC4)c(/C=C(\C(C)=O)C(=O)Nc4cccc(S(=O)(=O)O)c4)s3)nc(SCCS(=O)(=O)O)n2)c1. The number of carbonyl (C=O) groups is 4. The number of Topliss-reactive ketones (excluding diaryl/α,β-unsaturated/α-hetero) is 2. The van der Waals surface area contributed by atoms with Crippen LogP contribution in [0.5, 0.6) is 0 Å². The van der Waals surface area contributed by atoms with Gasteiger partial charge in [-0.3, -0.25) is 32.8 Å². The van der Waals surface area contributed by atoms with Crippen LogP contribution >= 0.6 is 34.4 Å². The van der Waals surface area contributed by atoms with Gasteiger partial charge in [0.15, 0.2) is 16.7 Å². The summed E-state index contributed by atoms with van der Waals surface area (Å²) in [6.45, 7) is 15.9. The molecule has 99 heavy (non-hydrogen) atoms. The predicted molar refractivity (Wildman–Crippen MR) is 379 cm³/mol. The molecule has 5 heterocycles. The normalized spacial score (nSPS) is 14.2. The van der Waals surface area contributed by atoms with Gasteiger partial charge in [-0.1, -0.05) is 46.6 Å². The highest BCUT2D eigenvalue weighted by Crippen LogP contribution is 2.41. The maximum atomic E-state index is 13.8. The number of thioether (sulfide) groups is 1. The van der Waals surface area contributed by atoms with Crippen LogP contribution in [0.2, 0.25) is 0 Å². The highest BCUT2D eigenvalue weighted by Gasteiger charge is 2.27. The number of ketones is 2. The number of amides is 2. The minimum atomic E-state index is -4.62. The zero-order valence-electron chi connectivity index (χ0n) is 54.1. The van der Waals surface area contributed by atoms with Crippen molar-refractivity contribution in [1.29, 1.82) is 0 Å². The number of aromatic nitrogens is 5. The molecule has 0 unspecified atom stereocenters. The first kappa shape index (κ1) is 74.1. The second-order valence-electron chi connectivity index (χ2n) is 21.5. The van der Waals surface area contributed by atoms with Crippen LogP contribution in [0.25, 0.3) is 12.2 Å². The molecule has 2 fully saturated rings. The lowest BCUT2D eigenvalue weighted by Crippen LogP contribution is -2.36. The van der Waals surface area contributed by atoms with Gasteiger partial charge >= 0.3 is 0 Å². The fourth-order valence-corrected chi connectivity index (χ4v) is 14.3. The first-order valence-electron chi connectivity index (χ1n) is 30.6. The van der Waals surface area contributed by atoms with Gasteiger partial charge in [-0.15, -0.1) is 20.5 Å². The Balaban J connectivity index is 1.08. The van der Waals surface area contributed by atoms with E-state index in [-0.39, 0.29) is 67.0 Å². The van der Waals surface area contributed by atoms with Gasteiger partial charge in [0, 0.05) is 80.9 Å². The van der Waals surface area contributed by atoms with Crippen molar-refractivity contribution in [2.45, 2.75) is 56.5 Å². The quantitative estimate of drug-likeness (QED) is 0.00549. The summed E-state index contributed by atoms with van der Waals surface area (Å²) >= 11 is 2.97. The highest BCUT2D eigenvalue weighted by atomic mass is 32.2. The van der Waals surface area contributed by atoms with Crippen LogP contribution < -0.4 is 40.9 Å². The Morgan fingerprint density at radius 2 is 0.970 bits per heavy atom. The van der Waals surface area contributed by atoms with E-state index in [0.29, 0.717) is 112 Å². The van der Waals surface area contributed by atoms with E-state index in [9.17, 15) is 58.1 Å². The fraction of sp³-hybridized carbons (Fsp3) is 0.328. The Morgan fingerprint density at radius 3 is 1.33 bits per heavy atom. The van der Waals surface area contributed by atoms with Crippen molar-refractivity contribution >= 4 is 180 Å². The molecule has 2 amide bonds. The summed E-state index contributed by atoms with van der Waals surface area (Å²) in [5.74, 6) is -3.14. The number of rotatable bonds is 30. The smallest absolute Gasteiger partial charge is 0.294 e. The van der Waals surface area contributed by atoms with Crippen LogP contribution in [0.15, 0.2) is 131 Å². The Bertz CT molecular complexity index is 4380. The molecule has 38 heteroatoms. The van der Waals surface area contributed by atoms with Gasteiger partial charge in [0.25, 0.3) is 42.2 Å². The van der Waals surface area contributed by atoms with Crippen molar-refractivity contribution < 1.29 is 67.6 Å². The number of thiazole rings is 2. The molecule has 0 bridgehead atoms. The number of carbonyl (C=O) groups excluding carboxylic acids is 4. The Morgan fingerprint density at radius 1 is 0.566 bits per heavy atom. The van der Waals surface area contributed by atoms with E-state index in [1.54, 1.807) is 12.1 Å². The minimum absolute atomic E-state index is 0.000143.